The first-order valence-corrected chi connectivity index (χ1v) is 10.0. The minimum Gasteiger partial charge on any atom is -0.508 e. The molecule has 5 unspecified atom stereocenters. The van der Waals surface area contributed by atoms with E-state index in [1.807, 2.05) is 0 Å². The van der Waals surface area contributed by atoms with Crippen molar-refractivity contribution in [3.8, 4) is 5.75 Å². The highest BCUT2D eigenvalue weighted by atomic mass is 16.4. The van der Waals surface area contributed by atoms with Crippen LogP contribution in [0.1, 0.15) is 18.9 Å². The van der Waals surface area contributed by atoms with E-state index in [0.717, 1.165) is 6.92 Å². The summed E-state index contributed by atoms with van der Waals surface area (Å²) in [5.74, 6) is -6.24. The molecule has 0 aliphatic heterocycles. The van der Waals surface area contributed by atoms with Gasteiger partial charge >= 0.3 is 11.9 Å². The lowest BCUT2D eigenvalue weighted by molar-refractivity contribution is -0.143. The molecule has 0 fully saturated rings. The van der Waals surface area contributed by atoms with Gasteiger partial charge in [-0.2, -0.15) is 0 Å². The monoisotopic (exact) mass is 484 g/mol. The average Bonchev–Trinajstić information content (AvgIpc) is 2.76. The molecule has 0 heterocycles. The van der Waals surface area contributed by atoms with Gasteiger partial charge in [-0.3, -0.25) is 19.2 Å². The van der Waals surface area contributed by atoms with Gasteiger partial charge in [-0.05, 0) is 24.6 Å². The summed E-state index contributed by atoms with van der Waals surface area (Å²) in [7, 11) is 0. The summed E-state index contributed by atoms with van der Waals surface area (Å²) in [6.45, 7) is 0.390. The number of amides is 3. The molecule has 5 atom stereocenters. The number of aliphatic hydroxyl groups excluding tert-OH is 2. The van der Waals surface area contributed by atoms with E-state index in [1.54, 1.807) is 0 Å². The van der Waals surface area contributed by atoms with Crippen LogP contribution < -0.4 is 21.7 Å². The third-order valence-electron chi connectivity index (χ3n) is 4.60. The standard InChI is InChI=1S/C20H28N4O10/c1-9(26)16(24-17(30)12(21)8-25)19(32)22-13(7-15(28)29)18(31)23-14(20(33)34)6-10-2-4-11(27)5-3-10/h2-5,9,12-14,16,25-27H,6-8,21H2,1H3,(H,22,32)(H,23,31)(H,24,30)(H,28,29)(H,33,34). The minimum absolute atomic E-state index is 0.0522. The Labute approximate surface area is 193 Å². The van der Waals surface area contributed by atoms with Gasteiger partial charge in [0.05, 0.1) is 19.1 Å². The molecule has 1 aromatic carbocycles. The maximum absolute atomic E-state index is 12.6. The number of phenols is 1. The van der Waals surface area contributed by atoms with Crippen LogP contribution >= 0.6 is 0 Å². The molecule has 3 amide bonds. The summed E-state index contributed by atoms with van der Waals surface area (Å²) in [6.07, 6.45) is -2.63. The number of carboxylic acid groups (broad SMARTS) is 2. The van der Waals surface area contributed by atoms with Crippen LogP contribution in [0.2, 0.25) is 0 Å². The van der Waals surface area contributed by atoms with Crippen molar-refractivity contribution in [2.75, 3.05) is 6.61 Å². The van der Waals surface area contributed by atoms with Crippen LogP contribution in [-0.2, 0) is 30.4 Å². The van der Waals surface area contributed by atoms with Gasteiger partial charge in [0.1, 0.15) is 29.9 Å². The molecule has 0 bridgehead atoms. The third kappa shape index (κ3) is 9.01. The highest BCUT2D eigenvalue weighted by molar-refractivity contribution is 5.95. The fraction of sp³-hybridized carbons (Fsp3) is 0.450. The number of carboxylic acids is 2. The van der Waals surface area contributed by atoms with Crippen LogP contribution in [0.25, 0.3) is 0 Å². The number of aliphatic hydroxyl groups is 2. The van der Waals surface area contributed by atoms with Crippen LogP contribution in [-0.4, -0.2) is 92.1 Å². The highest BCUT2D eigenvalue weighted by Crippen LogP contribution is 2.12. The molecular weight excluding hydrogens is 456 g/mol. The number of hydrogen-bond donors (Lipinski definition) is 9. The number of carbonyl (C=O) groups excluding carboxylic acids is 3. The Balaban J connectivity index is 2.99. The molecule has 10 N–H and O–H groups in total. The van der Waals surface area contributed by atoms with Gasteiger partial charge in [0.15, 0.2) is 0 Å². The number of hydrogen-bond acceptors (Lipinski definition) is 9. The number of benzene rings is 1. The van der Waals surface area contributed by atoms with E-state index in [-0.39, 0.29) is 12.2 Å². The number of nitrogens with one attached hydrogen (secondary N) is 3. The lowest BCUT2D eigenvalue weighted by Gasteiger charge is -2.25. The van der Waals surface area contributed by atoms with Gasteiger partial charge < -0.3 is 47.2 Å². The molecule has 0 aromatic heterocycles. The summed E-state index contributed by atoms with van der Waals surface area (Å²) in [5.41, 5.74) is 5.79. The zero-order chi connectivity index (χ0) is 26.0. The quantitative estimate of drug-likeness (QED) is 0.134. The van der Waals surface area contributed by atoms with E-state index < -0.39 is 73.0 Å². The van der Waals surface area contributed by atoms with E-state index in [0.29, 0.717) is 5.56 Å². The van der Waals surface area contributed by atoms with Crippen LogP contribution in [0.5, 0.6) is 5.75 Å². The zero-order valence-electron chi connectivity index (χ0n) is 18.2. The Morgan fingerprint density at radius 2 is 1.47 bits per heavy atom. The fourth-order valence-electron chi connectivity index (χ4n) is 2.73. The highest BCUT2D eigenvalue weighted by Gasteiger charge is 2.33. The van der Waals surface area contributed by atoms with Crippen molar-refractivity contribution in [2.24, 2.45) is 5.73 Å². The second-order valence-electron chi connectivity index (χ2n) is 7.44. The molecule has 0 spiro atoms. The predicted octanol–water partition coefficient (Wildman–Crippen LogP) is -3.35. The molecular formula is C20H28N4O10. The maximum Gasteiger partial charge on any atom is 0.326 e. The van der Waals surface area contributed by atoms with E-state index in [9.17, 15) is 39.3 Å². The van der Waals surface area contributed by atoms with Crippen molar-refractivity contribution >= 4 is 29.7 Å². The molecule has 0 aliphatic rings. The molecule has 0 saturated carbocycles. The fourth-order valence-corrected chi connectivity index (χ4v) is 2.73. The average molecular weight is 484 g/mol. The van der Waals surface area contributed by atoms with Gasteiger partial charge in [-0.25, -0.2) is 4.79 Å². The maximum atomic E-state index is 12.6. The van der Waals surface area contributed by atoms with Gasteiger partial charge in [-0.15, -0.1) is 0 Å². The Bertz CT molecular complexity index is 890. The molecule has 34 heavy (non-hydrogen) atoms. The van der Waals surface area contributed by atoms with E-state index in [4.69, 9.17) is 15.9 Å². The van der Waals surface area contributed by atoms with Gasteiger partial charge in [-0.1, -0.05) is 12.1 Å². The topological polar surface area (TPSA) is 249 Å². The van der Waals surface area contributed by atoms with Crippen molar-refractivity contribution in [2.45, 2.75) is 50.0 Å². The minimum atomic E-state index is -1.75. The number of rotatable bonds is 13. The van der Waals surface area contributed by atoms with Gasteiger partial charge in [0.25, 0.3) is 0 Å². The molecule has 1 rings (SSSR count). The molecule has 188 valence electrons. The lowest BCUT2D eigenvalue weighted by atomic mass is 10.0. The largest absolute Gasteiger partial charge is 0.508 e. The number of phenolic OH excluding ortho intramolecular Hbond substituents is 1. The molecule has 14 heteroatoms. The predicted molar refractivity (Wildman–Crippen MR) is 114 cm³/mol. The van der Waals surface area contributed by atoms with Crippen molar-refractivity contribution < 1.29 is 49.5 Å². The Hall–Kier alpha value is -3.75. The molecule has 0 saturated heterocycles. The van der Waals surface area contributed by atoms with Gasteiger partial charge in [0.2, 0.25) is 17.7 Å². The molecule has 0 aliphatic carbocycles. The summed E-state index contributed by atoms with van der Waals surface area (Å²) < 4.78 is 0. The van der Waals surface area contributed by atoms with Crippen LogP contribution in [0.3, 0.4) is 0 Å². The van der Waals surface area contributed by atoms with Crippen LogP contribution in [0.4, 0.5) is 0 Å². The summed E-state index contributed by atoms with van der Waals surface area (Å²) >= 11 is 0. The third-order valence-corrected chi connectivity index (χ3v) is 4.60. The van der Waals surface area contributed by atoms with Crippen molar-refractivity contribution in [3.63, 3.8) is 0 Å². The number of aliphatic carboxylic acids is 2. The second kappa shape index (κ2) is 13.1. The molecule has 0 radical (unpaired) electrons. The van der Waals surface area contributed by atoms with Crippen molar-refractivity contribution in [1.82, 2.24) is 16.0 Å². The normalized spacial score (nSPS) is 15.2. The first-order chi connectivity index (χ1) is 15.8. The summed E-state index contributed by atoms with van der Waals surface area (Å²) in [5, 5.41) is 52.9. The Kier molecular flexibility index (Phi) is 10.9. The second-order valence-corrected chi connectivity index (χ2v) is 7.44. The van der Waals surface area contributed by atoms with Gasteiger partial charge in [0, 0.05) is 6.42 Å². The zero-order valence-corrected chi connectivity index (χ0v) is 18.2. The first kappa shape index (κ1) is 28.3. The van der Waals surface area contributed by atoms with Crippen molar-refractivity contribution in [3.05, 3.63) is 29.8 Å². The van der Waals surface area contributed by atoms with E-state index in [2.05, 4.69) is 16.0 Å². The molecule has 14 nitrogen and oxygen atoms in total. The number of nitrogens with two attached hydrogens (primary N) is 1. The first-order valence-electron chi connectivity index (χ1n) is 10.0. The lowest BCUT2D eigenvalue weighted by Crippen LogP contribution is -2.60. The van der Waals surface area contributed by atoms with E-state index >= 15 is 0 Å². The molecule has 1 aromatic rings. The SMILES string of the molecule is CC(O)C(NC(=O)C(N)CO)C(=O)NC(CC(=O)O)C(=O)NC(Cc1ccc(O)cc1)C(=O)O. The summed E-state index contributed by atoms with van der Waals surface area (Å²) in [4.78, 5) is 59.9. The Morgan fingerprint density at radius 1 is 0.912 bits per heavy atom. The van der Waals surface area contributed by atoms with E-state index in [1.165, 1.54) is 24.3 Å². The Morgan fingerprint density at radius 3 is 1.94 bits per heavy atom. The van der Waals surface area contributed by atoms with Crippen LogP contribution in [0.15, 0.2) is 24.3 Å². The number of carbonyl (C=O) groups is 5. The summed E-state index contributed by atoms with van der Waals surface area (Å²) in [6, 6.07) is -0.809. The number of aromatic hydroxyl groups is 1. The smallest absolute Gasteiger partial charge is 0.326 e. The van der Waals surface area contributed by atoms with Crippen molar-refractivity contribution in [1.29, 1.82) is 0 Å². The van der Waals surface area contributed by atoms with Crippen LogP contribution in [0, 0.1) is 0 Å².